The average Bonchev–Trinajstić information content (AvgIpc) is 2.65. The number of amides is 1. The summed E-state index contributed by atoms with van der Waals surface area (Å²) in [6, 6.07) is 5.86. The Balaban J connectivity index is 2.22. The number of aromatic nitrogens is 1. The van der Waals surface area contributed by atoms with Crippen molar-refractivity contribution >= 4 is 5.91 Å². The Morgan fingerprint density at radius 3 is 2.46 bits per heavy atom. The molecule has 1 N–H and O–H groups in total. The molecule has 1 aromatic heterocycles. The molecule has 0 spiro atoms. The molecule has 0 aliphatic carbocycles. The summed E-state index contributed by atoms with van der Waals surface area (Å²) in [5, 5.41) is 2.74. The van der Waals surface area contributed by atoms with Crippen molar-refractivity contribution in [2.75, 3.05) is 20.8 Å². The van der Waals surface area contributed by atoms with Gasteiger partial charge in [0, 0.05) is 6.20 Å². The van der Waals surface area contributed by atoms with Crippen molar-refractivity contribution in [1.29, 1.82) is 0 Å². The fourth-order valence-electron chi connectivity index (χ4n) is 2.64. The van der Waals surface area contributed by atoms with Gasteiger partial charge >= 0.3 is 6.18 Å². The smallest absolute Gasteiger partial charge is 0.422 e. The SMILES string of the molecule is COc1cc(C)c(C(C)NC(=O)c2cccnc2OCC(F)(F)F)cc1OC. The molecule has 0 bridgehead atoms. The van der Waals surface area contributed by atoms with Crippen LogP contribution in [0, 0.1) is 6.92 Å². The highest BCUT2D eigenvalue weighted by Crippen LogP contribution is 2.33. The molecule has 0 aliphatic rings. The van der Waals surface area contributed by atoms with Gasteiger partial charge in [-0.3, -0.25) is 4.79 Å². The van der Waals surface area contributed by atoms with Crippen molar-refractivity contribution in [3.63, 3.8) is 0 Å². The number of hydrogen-bond acceptors (Lipinski definition) is 5. The molecular formula is C19H21F3N2O4. The van der Waals surface area contributed by atoms with Gasteiger partial charge in [0.25, 0.3) is 5.91 Å². The molecule has 0 aliphatic heterocycles. The van der Waals surface area contributed by atoms with E-state index in [9.17, 15) is 18.0 Å². The van der Waals surface area contributed by atoms with E-state index in [1.165, 1.54) is 32.5 Å². The number of rotatable bonds is 7. The van der Waals surface area contributed by atoms with E-state index in [1.807, 2.05) is 6.92 Å². The van der Waals surface area contributed by atoms with Gasteiger partial charge in [-0.2, -0.15) is 13.2 Å². The fourth-order valence-corrected chi connectivity index (χ4v) is 2.64. The van der Waals surface area contributed by atoms with Crippen molar-refractivity contribution in [1.82, 2.24) is 10.3 Å². The van der Waals surface area contributed by atoms with E-state index in [4.69, 9.17) is 9.47 Å². The first-order valence-electron chi connectivity index (χ1n) is 8.34. The van der Waals surface area contributed by atoms with Crippen molar-refractivity contribution in [3.05, 3.63) is 47.2 Å². The molecule has 28 heavy (non-hydrogen) atoms. The van der Waals surface area contributed by atoms with E-state index in [-0.39, 0.29) is 11.4 Å². The zero-order valence-electron chi connectivity index (χ0n) is 15.9. The van der Waals surface area contributed by atoms with Gasteiger partial charge in [0.1, 0.15) is 5.56 Å². The largest absolute Gasteiger partial charge is 0.493 e. The number of alkyl halides is 3. The molecule has 1 amide bonds. The van der Waals surface area contributed by atoms with Crippen molar-refractivity contribution < 1.29 is 32.2 Å². The molecule has 0 fully saturated rings. The lowest BCUT2D eigenvalue weighted by Crippen LogP contribution is -2.28. The second-order valence-corrected chi connectivity index (χ2v) is 6.02. The molecule has 1 aromatic carbocycles. The Morgan fingerprint density at radius 1 is 1.21 bits per heavy atom. The number of pyridine rings is 1. The third-order valence-corrected chi connectivity index (χ3v) is 3.97. The first kappa shape index (κ1) is 21.3. The van der Waals surface area contributed by atoms with Gasteiger partial charge in [0.2, 0.25) is 5.88 Å². The number of nitrogens with zero attached hydrogens (tertiary/aromatic N) is 1. The van der Waals surface area contributed by atoms with Gasteiger partial charge in [-0.25, -0.2) is 4.98 Å². The Bertz CT molecular complexity index is 840. The first-order chi connectivity index (χ1) is 13.2. The summed E-state index contributed by atoms with van der Waals surface area (Å²) in [5.41, 5.74) is 1.54. The second-order valence-electron chi connectivity index (χ2n) is 6.02. The number of methoxy groups -OCH3 is 2. The Hall–Kier alpha value is -2.97. The summed E-state index contributed by atoms with van der Waals surface area (Å²) in [4.78, 5) is 16.3. The summed E-state index contributed by atoms with van der Waals surface area (Å²) in [7, 11) is 3.02. The molecule has 2 rings (SSSR count). The summed E-state index contributed by atoms with van der Waals surface area (Å²) < 4.78 is 52.4. The fraction of sp³-hybridized carbons (Fsp3) is 0.368. The molecule has 6 nitrogen and oxygen atoms in total. The van der Waals surface area contributed by atoms with Gasteiger partial charge in [0.05, 0.1) is 20.3 Å². The van der Waals surface area contributed by atoms with Crippen LogP contribution in [0.5, 0.6) is 17.4 Å². The molecule has 152 valence electrons. The minimum Gasteiger partial charge on any atom is -0.493 e. The van der Waals surface area contributed by atoms with Crippen LogP contribution in [0.1, 0.15) is 34.5 Å². The summed E-state index contributed by atoms with van der Waals surface area (Å²) in [5.74, 6) is 0.0673. The van der Waals surface area contributed by atoms with Crippen LogP contribution in [0.2, 0.25) is 0 Å². The summed E-state index contributed by atoms with van der Waals surface area (Å²) in [6.07, 6.45) is -3.28. The molecule has 9 heteroatoms. The van der Waals surface area contributed by atoms with Crippen LogP contribution in [0.15, 0.2) is 30.5 Å². The van der Waals surface area contributed by atoms with E-state index in [0.29, 0.717) is 11.5 Å². The topological polar surface area (TPSA) is 69.7 Å². The van der Waals surface area contributed by atoms with Crippen LogP contribution in [0.3, 0.4) is 0 Å². The maximum atomic E-state index is 12.6. The molecule has 0 saturated carbocycles. The van der Waals surface area contributed by atoms with E-state index >= 15 is 0 Å². The monoisotopic (exact) mass is 398 g/mol. The minimum absolute atomic E-state index is 0.0864. The van der Waals surface area contributed by atoms with E-state index in [1.54, 1.807) is 19.1 Å². The highest BCUT2D eigenvalue weighted by Gasteiger charge is 2.30. The van der Waals surface area contributed by atoms with Crippen LogP contribution >= 0.6 is 0 Å². The minimum atomic E-state index is -4.53. The van der Waals surface area contributed by atoms with Gasteiger partial charge in [-0.15, -0.1) is 0 Å². The molecule has 1 heterocycles. The van der Waals surface area contributed by atoms with Gasteiger partial charge in [-0.05, 0) is 49.2 Å². The lowest BCUT2D eigenvalue weighted by molar-refractivity contribution is -0.154. The number of nitrogens with one attached hydrogen (secondary N) is 1. The predicted molar refractivity (Wildman–Crippen MR) is 96.0 cm³/mol. The Kier molecular flexibility index (Phi) is 6.71. The van der Waals surface area contributed by atoms with E-state index in [2.05, 4.69) is 15.0 Å². The van der Waals surface area contributed by atoms with Gasteiger partial charge < -0.3 is 19.5 Å². The highest BCUT2D eigenvalue weighted by molar-refractivity contribution is 5.96. The van der Waals surface area contributed by atoms with Crippen LogP contribution in [0.4, 0.5) is 13.2 Å². The van der Waals surface area contributed by atoms with Crippen LogP contribution in [-0.4, -0.2) is 37.9 Å². The van der Waals surface area contributed by atoms with Gasteiger partial charge in [0.15, 0.2) is 18.1 Å². The highest BCUT2D eigenvalue weighted by atomic mass is 19.4. The number of ether oxygens (including phenoxy) is 3. The van der Waals surface area contributed by atoms with Crippen molar-refractivity contribution in [2.24, 2.45) is 0 Å². The zero-order chi connectivity index (χ0) is 20.9. The van der Waals surface area contributed by atoms with Crippen molar-refractivity contribution in [3.8, 4) is 17.4 Å². The number of benzene rings is 1. The van der Waals surface area contributed by atoms with E-state index < -0.39 is 24.7 Å². The molecule has 0 radical (unpaired) electrons. The first-order valence-corrected chi connectivity index (χ1v) is 8.34. The normalized spacial score (nSPS) is 12.2. The molecule has 1 atom stereocenters. The Morgan fingerprint density at radius 2 is 1.86 bits per heavy atom. The number of hydrogen-bond donors (Lipinski definition) is 1. The summed E-state index contributed by atoms with van der Waals surface area (Å²) in [6.45, 7) is 2.06. The number of carbonyl (C=O) groups excluding carboxylic acids is 1. The lowest BCUT2D eigenvalue weighted by Gasteiger charge is -2.20. The third-order valence-electron chi connectivity index (χ3n) is 3.97. The number of aryl methyl sites for hydroxylation is 1. The Labute approximate surface area is 160 Å². The quantitative estimate of drug-likeness (QED) is 0.768. The predicted octanol–water partition coefficient (Wildman–Crippen LogP) is 3.84. The molecule has 1 unspecified atom stereocenters. The van der Waals surface area contributed by atoms with E-state index in [0.717, 1.165) is 11.1 Å². The number of carbonyl (C=O) groups is 1. The maximum Gasteiger partial charge on any atom is 0.422 e. The van der Waals surface area contributed by atoms with Crippen molar-refractivity contribution in [2.45, 2.75) is 26.1 Å². The third kappa shape index (κ3) is 5.28. The summed E-state index contributed by atoms with van der Waals surface area (Å²) >= 11 is 0. The van der Waals surface area contributed by atoms with Gasteiger partial charge in [-0.1, -0.05) is 0 Å². The average molecular weight is 398 g/mol. The van der Waals surface area contributed by atoms with Crippen LogP contribution in [0.25, 0.3) is 0 Å². The molecular weight excluding hydrogens is 377 g/mol. The van der Waals surface area contributed by atoms with Crippen LogP contribution in [-0.2, 0) is 0 Å². The lowest BCUT2D eigenvalue weighted by atomic mass is 10.0. The molecule has 0 saturated heterocycles. The maximum absolute atomic E-state index is 12.6. The standard InChI is InChI=1S/C19H21F3N2O4/c1-11-8-15(26-3)16(27-4)9-14(11)12(2)24-17(25)13-6-5-7-23-18(13)28-10-19(20,21)22/h5-9,12H,10H2,1-4H3,(H,24,25). The van der Waals surface area contributed by atoms with Crippen LogP contribution < -0.4 is 19.5 Å². The number of halogens is 3. The molecule has 2 aromatic rings. The second kappa shape index (κ2) is 8.81. The zero-order valence-corrected chi connectivity index (χ0v) is 15.9.